The maximum Gasteiger partial charge on any atom is 0.137 e. The molecule has 2 N–H and O–H groups in total. The highest BCUT2D eigenvalue weighted by Gasteiger charge is 2.21. The van der Waals surface area contributed by atoms with Crippen molar-refractivity contribution in [1.82, 2.24) is 20.2 Å². The fraction of sp³-hybridized carbons (Fsp3) is 0.353. The maximum absolute atomic E-state index is 6.52. The van der Waals surface area contributed by atoms with Gasteiger partial charge in [0.2, 0.25) is 0 Å². The lowest BCUT2D eigenvalue weighted by molar-refractivity contribution is 0.334. The summed E-state index contributed by atoms with van der Waals surface area (Å²) >= 11 is 6.52. The van der Waals surface area contributed by atoms with Gasteiger partial charge in [0.1, 0.15) is 10.8 Å². The van der Waals surface area contributed by atoms with Crippen LogP contribution in [0.1, 0.15) is 12.0 Å². The van der Waals surface area contributed by atoms with Crippen LogP contribution in [-0.4, -0.2) is 41.0 Å². The van der Waals surface area contributed by atoms with E-state index >= 15 is 0 Å². The average molecular weight is 315 g/mol. The van der Waals surface area contributed by atoms with Crippen molar-refractivity contribution >= 4 is 28.2 Å². The molecule has 1 saturated heterocycles. The Hall–Kier alpha value is -1.78. The second kappa shape index (κ2) is 5.78. The van der Waals surface area contributed by atoms with E-state index in [1.54, 1.807) is 6.20 Å². The van der Waals surface area contributed by atoms with E-state index < -0.39 is 0 Å². The molecule has 0 bridgehead atoms. The Labute approximate surface area is 134 Å². The summed E-state index contributed by atoms with van der Waals surface area (Å²) in [7, 11) is 0. The number of aromatic amines is 1. The predicted octanol–water partition coefficient (Wildman–Crippen LogP) is 2.95. The van der Waals surface area contributed by atoms with E-state index in [-0.39, 0.29) is 0 Å². The summed E-state index contributed by atoms with van der Waals surface area (Å²) in [4.78, 5) is 9.83. The Morgan fingerprint density at radius 3 is 3.18 bits per heavy atom. The molecule has 0 radical (unpaired) electrons. The molecule has 1 atom stereocenters. The minimum absolute atomic E-state index is 0.703. The van der Waals surface area contributed by atoms with Crippen molar-refractivity contribution in [3.8, 4) is 0 Å². The third kappa shape index (κ3) is 2.53. The van der Waals surface area contributed by atoms with Gasteiger partial charge in [-0.3, -0.25) is 0 Å². The first-order chi connectivity index (χ1) is 10.8. The Morgan fingerprint density at radius 2 is 2.36 bits per heavy atom. The molecule has 1 fully saturated rings. The molecule has 114 valence electrons. The molecule has 4 rings (SSSR count). The van der Waals surface area contributed by atoms with Crippen LogP contribution >= 0.6 is 11.6 Å². The van der Waals surface area contributed by atoms with E-state index in [0.29, 0.717) is 5.92 Å². The van der Waals surface area contributed by atoms with Gasteiger partial charge in [-0.25, -0.2) is 4.98 Å². The number of H-pyrrole nitrogens is 1. The molecule has 2 aliphatic heterocycles. The lowest BCUT2D eigenvalue weighted by atomic mass is 10.0. The number of hydrogen-bond acceptors (Lipinski definition) is 3. The quantitative estimate of drug-likeness (QED) is 0.856. The summed E-state index contributed by atoms with van der Waals surface area (Å²) in [6.07, 6.45) is 9.39. The molecular weight excluding hydrogens is 296 g/mol. The van der Waals surface area contributed by atoms with Gasteiger partial charge < -0.3 is 15.2 Å². The minimum Gasteiger partial charge on any atom is -0.358 e. The summed E-state index contributed by atoms with van der Waals surface area (Å²) in [6.45, 7) is 4.13. The largest absolute Gasteiger partial charge is 0.358 e. The Bertz CT molecular complexity index is 740. The van der Waals surface area contributed by atoms with Gasteiger partial charge >= 0.3 is 0 Å². The molecule has 0 amide bonds. The lowest BCUT2D eigenvalue weighted by Crippen LogP contribution is -2.30. The van der Waals surface area contributed by atoms with Crippen molar-refractivity contribution in [2.75, 3.05) is 26.2 Å². The maximum atomic E-state index is 6.52. The van der Waals surface area contributed by atoms with Crippen molar-refractivity contribution in [2.45, 2.75) is 6.42 Å². The van der Waals surface area contributed by atoms with Crippen molar-refractivity contribution < 1.29 is 0 Å². The van der Waals surface area contributed by atoms with Gasteiger partial charge in [0.25, 0.3) is 0 Å². The average Bonchev–Trinajstić information content (AvgIpc) is 3.18. The van der Waals surface area contributed by atoms with Gasteiger partial charge in [0, 0.05) is 36.4 Å². The smallest absolute Gasteiger partial charge is 0.137 e. The summed E-state index contributed by atoms with van der Waals surface area (Å²) in [5.74, 6) is 0.703. The van der Waals surface area contributed by atoms with Crippen LogP contribution in [0.3, 0.4) is 0 Å². The minimum atomic E-state index is 0.703. The number of halogens is 1. The van der Waals surface area contributed by atoms with Crippen LogP contribution in [0, 0.1) is 5.92 Å². The van der Waals surface area contributed by atoms with Gasteiger partial charge in [-0.2, -0.15) is 0 Å². The molecule has 2 aromatic rings. The number of nitrogens with one attached hydrogen (secondary N) is 2. The van der Waals surface area contributed by atoms with Crippen molar-refractivity contribution in [2.24, 2.45) is 5.92 Å². The first kappa shape index (κ1) is 13.9. The van der Waals surface area contributed by atoms with E-state index in [4.69, 9.17) is 11.6 Å². The van der Waals surface area contributed by atoms with Crippen molar-refractivity contribution in [1.29, 1.82) is 0 Å². The molecule has 5 heteroatoms. The Morgan fingerprint density at radius 1 is 1.41 bits per heavy atom. The zero-order valence-corrected chi connectivity index (χ0v) is 13.1. The van der Waals surface area contributed by atoms with Gasteiger partial charge in [-0.15, -0.1) is 0 Å². The summed E-state index contributed by atoms with van der Waals surface area (Å²) in [5, 5.41) is 5.39. The molecule has 4 heterocycles. The zero-order valence-electron chi connectivity index (χ0n) is 12.3. The molecule has 1 unspecified atom stereocenters. The number of pyridine rings is 1. The van der Waals surface area contributed by atoms with Gasteiger partial charge in [-0.05, 0) is 49.2 Å². The fourth-order valence-electron chi connectivity index (χ4n) is 3.30. The van der Waals surface area contributed by atoms with Crippen LogP contribution in [-0.2, 0) is 0 Å². The number of rotatable bonds is 3. The lowest BCUT2D eigenvalue weighted by Gasteiger charge is -2.28. The standard InChI is InChI=1S/C17H19ClN4/c18-16-8-13(4-7-22(16)11-12-3-6-19-9-12)15-10-21-17-14(15)2-1-5-20-17/h1-2,4-5,8,10,12,19H,3,6-7,9,11H2,(H,20,21). The van der Waals surface area contributed by atoms with Crippen molar-refractivity contribution in [3.63, 3.8) is 0 Å². The van der Waals surface area contributed by atoms with Crippen LogP contribution in [0.5, 0.6) is 0 Å². The van der Waals surface area contributed by atoms with Crippen LogP contribution in [0.2, 0.25) is 0 Å². The summed E-state index contributed by atoms with van der Waals surface area (Å²) in [6, 6.07) is 4.06. The first-order valence-electron chi connectivity index (χ1n) is 7.77. The van der Waals surface area contributed by atoms with Crippen LogP contribution < -0.4 is 5.32 Å². The number of hydrogen-bond donors (Lipinski definition) is 2. The molecule has 0 saturated carbocycles. The fourth-order valence-corrected chi connectivity index (χ4v) is 3.56. The van der Waals surface area contributed by atoms with Crippen LogP contribution in [0.4, 0.5) is 0 Å². The topological polar surface area (TPSA) is 44.0 Å². The van der Waals surface area contributed by atoms with E-state index in [0.717, 1.165) is 42.4 Å². The Balaban J connectivity index is 1.56. The monoisotopic (exact) mass is 314 g/mol. The Kier molecular flexibility index (Phi) is 3.64. The SMILES string of the molecule is ClC1=CC(c2c[nH]c3ncccc23)=CCN1CC1CCNC1. The predicted molar refractivity (Wildman–Crippen MR) is 90.6 cm³/mol. The summed E-state index contributed by atoms with van der Waals surface area (Å²) < 4.78 is 0. The van der Waals surface area contributed by atoms with E-state index in [1.807, 2.05) is 12.3 Å². The number of allylic oxidation sites excluding steroid dienone is 2. The van der Waals surface area contributed by atoms with Gasteiger partial charge in [-0.1, -0.05) is 17.7 Å². The molecule has 0 spiro atoms. The number of fused-ring (bicyclic) bond motifs is 1. The second-order valence-corrected chi connectivity index (χ2v) is 6.38. The molecule has 4 nitrogen and oxygen atoms in total. The molecule has 2 aliphatic rings. The van der Waals surface area contributed by atoms with Gasteiger partial charge in [0.15, 0.2) is 0 Å². The van der Waals surface area contributed by atoms with E-state index in [2.05, 4.69) is 38.4 Å². The first-order valence-corrected chi connectivity index (χ1v) is 8.14. The molecule has 0 aliphatic carbocycles. The molecule has 2 aromatic heterocycles. The highest BCUT2D eigenvalue weighted by molar-refractivity contribution is 6.30. The van der Waals surface area contributed by atoms with Crippen LogP contribution in [0.25, 0.3) is 16.6 Å². The molecule has 0 aromatic carbocycles. The van der Waals surface area contributed by atoms with E-state index in [1.165, 1.54) is 17.6 Å². The highest BCUT2D eigenvalue weighted by atomic mass is 35.5. The van der Waals surface area contributed by atoms with Crippen molar-refractivity contribution in [3.05, 3.63) is 47.4 Å². The van der Waals surface area contributed by atoms with Crippen LogP contribution in [0.15, 0.2) is 41.8 Å². The third-order valence-electron chi connectivity index (χ3n) is 4.51. The molecular formula is C17H19ClN4. The second-order valence-electron chi connectivity index (χ2n) is 5.99. The third-order valence-corrected chi connectivity index (χ3v) is 4.86. The van der Waals surface area contributed by atoms with E-state index in [9.17, 15) is 0 Å². The highest BCUT2D eigenvalue weighted by Crippen LogP contribution is 2.30. The zero-order chi connectivity index (χ0) is 14.9. The molecule has 22 heavy (non-hydrogen) atoms. The number of aromatic nitrogens is 2. The normalized spacial score (nSPS) is 22.0. The van der Waals surface area contributed by atoms with Gasteiger partial charge in [0.05, 0.1) is 0 Å². The summed E-state index contributed by atoms with van der Waals surface area (Å²) in [5.41, 5.74) is 3.26. The number of nitrogens with zero attached hydrogens (tertiary/aromatic N) is 2.